The van der Waals surface area contributed by atoms with Gasteiger partial charge in [-0.15, -0.1) is 0 Å². The zero-order valence-electron chi connectivity index (χ0n) is 20.4. The molecule has 1 heterocycles. The molecule has 1 aliphatic heterocycles. The van der Waals surface area contributed by atoms with E-state index in [9.17, 15) is 9.59 Å². The van der Waals surface area contributed by atoms with Crippen LogP contribution in [0, 0.1) is 13.8 Å². The minimum absolute atomic E-state index is 0.0490. The molecule has 0 spiro atoms. The maximum atomic E-state index is 12.7. The molecule has 6 nitrogen and oxygen atoms in total. The summed E-state index contributed by atoms with van der Waals surface area (Å²) in [5.41, 5.74) is 4.64. The Kier molecular flexibility index (Phi) is 9.03. The van der Waals surface area contributed by atoms with Crippen LogP contribution in [0.4, 0.5) is 0 Å². The van der Waals surface area contributed by atoms with E-state index >= 15 is 0 Å². The van der Waals surface area contributed by atoms with Crippen LogP contribution in [0.5, 0.6) is 0 Å². The molecule has 178 valence electrons. The van der Waals surface area contributed by atoms with Gasteiger partial charge >= 0.3 is 0 Å². The summed E-state index contributed by atoms with van der Waals surface area (Å²) in [5, 5.41) is 6.13. The Bertz CT molecular complexity index is 835. The van der Waals surface area contributed by atoms with Gasteiger partial charge in [-0.3, -0.25) is 19.4 Å². The molecule has 1 aliphatic rings. The number of hydrogen-bond donors (Lipinski definition) is 2. The molecule has 0 radical (unpaired) electrons. The second-order valence-electron chi connectivity index (χ2n) is 9.18. The molecule has 2 N–H and O–H groups in total. The van der Waals surface area contributed by atoms with E-state index in [1.54, 1.807) is 0 Å². The van der Waals surface area contributed by atoms with Crippen LogP contribution in [-0.4, -0.2) is 59.9 Å². The third kappa shape index (κ3) is 7.41. The molecule has 3 rings (SSSR count). The normalized spacial score (nSPS) is 17.1. The molecule has 0 bridgehead atoms. The first-order valence-corrected chi connectivity index (χ1v) is 12.0. The predicted octanol–water partition coefficient (Wildman–Crippen LogP) is 3.02. The van der Waals surface area contributed by atoms with Gasteiger partial charge in [0.15, 0.2) is 0 Å². The zero-order valence-corrected chi connectivity index (χ0v) is 20.4. The van der Waals surface area contributed by atoms with Gasteiger partial charge in [-0.1, -0.05) is 59.7 Å². The van der Waals surface area contributed by atoms with E-state index in [0.29, 0.717) is 13.1 Å². The fraction of sp³-hybridized carbons (Fsp3) is 0.481. The van der Waals surface area contributed by atoms with Gasteiger partial charge in [-0.2, -0.15) is 0 Å². The summed E-state index contributed by atoms with van der Waals surface area (Å²) in [4.78, 5) is 29.9. The Balaban J connectivity index is 1.45. The molecule has 1 saturated heterocycles. The lowest BCUT2D eigenvalue weighted by molar-refractivity contribution is -0.127. The van der Waals surface area contributed by atoms with E-state index in [4.69, 9.17) is 0 Å². The second-order valence-corrected chi connectivity index (χ2v) is 9.18. The Labute approximate surface area is 198 Å². The van der Waals surface area contributed by atoms with Crippen LogP contribution >= 0.6 is 0 Å². The van der Waals surface area contributed by atoms with Crippen molar-refractivity contribution in [2.75, 3.05) is 26.2 Å². The highest BCUT2D eigenvalue weighted by Crippen LogP contribution is 2.11. The Morgan fingerprint density at radius 2 is 1.06 bits per heavy atom. The average molecular weight is 451 g/mol. The lowest BCUT2D eigenvalue weighted by Gasteiger charge is -2.28. The molecule has 2 aromatic rings. The number of hydrogen-bond acceptors (Lipinski definition) is 4. The first kappa shape index (κ1) is 24.9. The lowest BCUT2D eigenvalue weighted by atomic mass is 10.1. The summed E-state index contributed by atoms with van der Waals surface area (Å²) in [7, 11) is 0. The molecule has 2 aromatic carbocycles. The van der Waals surface area contributed by atoms with E-state index in [-0.39, 0.29) is 23.9 Å². The number of rotatable bonds is 8. The minimum atomic E-state index is -0.193. The number of aryl methyl sites for hydroxylation is 2. The van der Waals surface area contributed by atoms with Gasteiger partial charge in [0.05, 0.1) is 12.1 Å². The molecule has 6 heteroatoms. The van der Waals surface area contributed by atoms with Gasteiger partial charge in [0, 0.05) is 39.3 Å². The van der Waals surface area contributed by atoms with Gasteiger partial charge in [-0.05, 0) is 45.2 Å². The number of amides is 2. The minimum Gasteiger partial charge on any atom is -0.351 e. The van der Waals surface area contributed by atoms with Crippen LogP contribution in [0.3, 0.4) is 0 Å². The van der Waals surface area contributed by atoms with E-state index in [1.807, 2.05) is 13.8 Å². The number of benzene rings is 2. The molecule has 2 amide bonds. The monoisotopic (exact) mass is 450 g/mol. The predicted molar refractivity (Wildman–Crippen MR) is 133 cm³/mol. The van der Waals surface area contributed by atoms with Crippen molar-refractivity contribution < 1.29 is 9.59 Å². The molecule has 1 fully saturated rings. The van der Waals surface area contributed by atoms with Crippen LogP contribution in [0.1, 0.15) is 42.5 Å². The molecule has 0 aliphatic carbocycles. The van der Waals surface area contributed by atoms with Crippen molar-refractivity contribution in [1.29, 1.82) is 0 Å². The zero-order chi connectivity index (χ0) is 23.8. The first-order valence-electron chi connectivity index (χ1n) is 12.0. The summed E-state index contributed by atoms with van der Waals surface area (Å²) >= 11 is 0. The summed E-state index contributed by atoms with van der Waals surface area (Å²) in [6.45, 7) is 12.4. The summed E-state index contributed by atoms with van der Waals surface area (Å²) < 4.78 is 0. The number of carbonyl (C=O) groups is 2. The van der Waals surface area contributed by atoms with Crippen LogP contribution in [0.25, 0.3) is 0 Å². The van der Waals surface area contributed by atoms with Crippen molar-refractivity contribution in [3.05, 3.63) is 70.8 Å². The van der Waals surface area contributed by atoms with E-state index in [0.717, 1.165) is 43.7 Å². The molecule has 33 heavy (non-hydrogen) atoms. The Morgan fingerprint density at radius 1 is 0.697 bits per heavy atom. The largest absolute Gasteiger partial charge is 0.351 e. The Hall–Kier alpha value is -2.70. The topological polar surface area (TPSA) is 64.7 Å². The van der Waals surface area contributed by atoms with Crippen molar-refractivity contribution in [3.8, 4) is 0 Å². The smallest absolute Gasteiger partial charge is 0.237 e. The van der Waals surface area contributed by atoms with E-state index in [2.05, 4.69) is 82.8 Å². The molecule has 2 atom stereocenters. The summed E-state index contributed by atoms with van der Waals surface area (Å²) in [5.74, 6) is 0.0980. The molecular formula is C27H38N4O2. The second kappa shape index (κ2) is 12.0. The summed E-state index contributed by atoms with van der Waals surface area (Å²) in [6.07, 6.45) is 0.936. The maximum absolute atomic E-state index is 12.7. The Morgan fingerprint density at radius 3 is 1.42 bits per heavy atom. The quantitative estimate of drug-likeness (QED) is 0.649. The fourth-order valence-corrected chi connectivity index (χ4v) is 4.15. The van der Waals surface area contributed by atoms with Gasteiger partial charge < -0.3 is 10.6 Å². The van der Waals surface area contributed by atoms with Gasteiger partial charge in [0.1, 0.15) is 0 Å². The van der Waals surface area contributed by atoms with E-state index < -0.39 is 0 Å². The number of nitrogens with zero attached hydrogens (tertiary/aromatic N) is 2. The molecule has 0 aromatic heterocycles. The van der Waals surface area contributed by atoms with Crippen LogP contribution in [0.15, 0.2) is 48.5 Å². The molecular weight excluding hydrogens is 412 g/mol. The molecule has 2 unspecified atom stereocenters. The van der Waals surface area contributed by atoms with Crippen LogP contribution < -0.4 is 10.6 Å². The van der Waals surface area contributed by atoms with Crippen LogP contribution in [0.2, 0.25) is 0 Å². The standard InChI is InChI=1S/C27H38N4O2/c1-20-6-10-24(11-7-20)18-28-26(32)22(3)30-14-5-15-31(17-16-30)23(4)27(33)29-19-25-12-8-21(2)9-13-25/h6-13,22-23H,5,14-19H2,1-4H3,(H,28,32)(H,29,33). The average Bonchev–Trinajstić information content (AvgIpc) is 3.08. The fourth-order valence-electron chi connectivity index (χ4n) is 4.15. The number of carbonyl (C=O) groups excluding carboxylic acids is 2. The van der Waals surface area contributed by atoms with Gasteiger partial charge in [0.25, 0.3) is 0 Å². The van der Waals surface area contributed by atoms with Crippen molar-refractivity contribution in [2.24, 2.45) is 0 Å². The van der Waals surface area contributed by atoms with Gasteiger partial charge in [0.2, 0.25) is 11.8 Å². The van der Waals surface area contributed by atoms with Crippen molar-refractivity contribution in [2.45, 2.75) is 59.3 Å². The first-order chi connectivity index (χ1) is 15.8. The molecule has 0 saturated carbocycles. The number of nitrogens with one attached hydrogen (secondary N) is 2. The summed E-state index contributed by atoms with van der Waals surface area (Å²) in [6, 6.07) is 16.1. The third-order valence-corrected chi connectivity index (χ3v) is 6.59. The highest BCUT2D eigenvalue weighted by Gasteiger charge is 2.27. The third-order valence-electron chi connectivity index (χ3n) is 6.59. The highest BCUT2D eigenvalue weighted by molar-refractivity contribution is 5.81. The van der Waals surface area contributed by atoms with Crippen molar-refractivity contribution in [1.82, 2.24) is 20.4 Å². The maximum Gasteiger partial charge on any atom is 0.237 e. The highest BCUT2D eigenvalue weighted by atomic mass is 16.2. The van der Waals surface area contributed by atoms with Crippen molar-refractivity contribution in [3.63, 3.8) is 0 Å². The van der Waals surface area contributed by atoms with Crippen LogP contribution in [-0.2, 0) is 22.7 Å². The van der Waals surface area contributed by atoms with E-state index in [1.165, 1.54) is 11.1 Å². The lowest BCUT2D eigenvalue weighted by Crippen LogP contribution is -2.48. The van der Waals surface area contributed by atoms with Crippen molar-refractivity contribution >= 4 is 11.8 Å². The van der Waals surface area contributed by atoms with Gasteiger partial charge in [-0.25, -0.2) is 0 Å². The SMILES string of the molecule is Cc1ccc(CNC(=O)C(C)N2CCCN(C(C)C(=O)NCc3ccc(C)cc3)CC2)cc1.